The van der Waals surface area contributed by atoms with Gasteiger partial charge < -0.3 is 19.6 Å². The summed E-state index contributed by atoms with van der Waals surface area (Å²) in [7, 11) is 1.30. The van der Waals surface area contributed by atoms with Gasteiger partial charge >= 0.3 is 12.1 Å². The molecule has 0 radical (unpaired) electrons. The molecule has 0 atom stereocenters. The predicted molar refractivity (Wildman–Crippen MR) is 71.1 cm³/mol. The number of rotatable bonds is 2. The average molecular weight is 293 g/mol. The van der Waals surface area contributed by atoms with E-state index in [0.717, 1.165) is 0 Å². The number of carboxylic acid groups (broad SMARTS) is 1. The molecular formula is C13H15N3O5. The standard InChI is InChI=1S/C13H15N3O5/c1-21-13(20)16-7-5-15(6-8-16)11(17)10-9(12(18)19)3-2-4-14-10/h2-4H,5-8H2,1H3,(H,18,19). The van der Waals surface area contributed by atoms with Gasteiger partial charge in [0.1, 0.15) is 5.69 Å². The van der Waals surface area contributed by atoms with E-state index in [0.29, 0.717) is 26.2 Å². The summed E-state index contributed by atoms with van der Waals surface area (Å²) in [5.41, 5.74) is -0.214. The molecule has 1 aromatic heterocycles. The first-order valence-corrected chi connectivity index (χ1v) is 6.35. The lowest BCUT2D eigenvalue weighted by Gasteiger charge is -2.33. The van der Waals surface area contributed by atoms with Crippen LogP contribution in [0, 0.1) is 0 Å². The zero-order valence-corrected chi connectivity index (χ0v) is 11.5. The van der Waals surface area contributed by atoms with Crippen LogP contribution in [0.25, 0.3) is 0 Å². The number of carbonyl (C=O) groups excluding carboxylic acids is 2. The van der Waals surface area contributed by atoms with Crippen molar-refractivity contribution in [2.45, 2.75) is 0 Å². The van der Waals surface area contributed by atoms with E-state index in [-0.39, 0.29) is 11.3 Å². The second-order valence-electron chi connectivity index (χ2n) is 4.45. The summed E-state index contributed by atoms with van der Waals surface area (Å²) in [6.07, 6.45) is 0.941. The maximum absolute atomic E-state index is 12.3. The highest BCUT2D eigenvalue weighted by Crippen LogP contribution is 2.12. The Morgan fingerprint density at radius 3 is 2.38 bits per heavy atom. The van der Waals surface area contributed by atoms with Gasteiger partial charge in [-0.25, -0.2) is 9.59 Å². The molecular weight excluding hydrogens is 278 g/mol. The van der Waals surface area contributed by atoms with Crippen molar-refractivity contribution in [2.75, 3.05) is 33.3 Å². The van der Waals surface area contributed by atoms with Crippen LogP contribution in [0.4, 0.5) is 4.79 Å². The van der Waals surface area contributed by atoms with Crippen molar-refractivity contribution in [3.05, 3.63) is 29.6 Å². The van der Waals surface area contributed by atoms with Gasteiger partial charge in [-0.05, 0) is 12.1 Å². The second-order valence-corrected chi connectivity index (χ2v) is 4.45. The smallest absolute Gasteiger partial charge is 0.409 e. The Bertz CT molecular complexity index is 567. The van der Waals surface area contributed by atoms with E-state index >= 15 is 0 Å². The molecule has 0 spiro atoms. The molecule has 1 fully saturated rings. The first kappa shape index (κ1) is 14.8. The van der Waals surface area contributed by atoms with Crippen molar-refractivity contribution in [3.8, 4) is 0 Å². The minimum absolute atomic E-state index is 0.0866. The summed E-state index contributed by atoms with van der Waals surface area (Å²) >= 11 is 0. The van der Waals surface area contributed by atoms with Gasteiger partial charge in [-0.3, -0.25) is 9.78 Å². The molecule has 1 N–H and O–H groups in total. The van der Waals surface area contributed by atoms with Crippen LogP contribution in [0.3, 0.4) is 0 Å². The first-order valence-electron chi connectivity index (χ1n) is 6.35. The molecule has 8 heteroatoms. The molecule has 0 aliphatic carbocycles. The van der Waals surface area contributed by atoms with Crippen molar-refractivity contribution in [3.63, 3.8) is 0 Å². The van der Waals surface area contributed by atoms with Crippen LogP contribution >= 0.6 is 0 Å². The third-order valence-electron chi connectivity index (χ3n) is 3.24. The Hall–Kier alpha value is -2.64. The van der Waals surface area contributed by atoms with E-state index in [1.54, 1.807) is 0 Å². The molecule has 1 aromatic rings. The van der Waals surface area contributed by atoms with Crippen molar-refractivity contribution in [1.82, 2.24) is 14.8 Å². The average Bonchev–Trinajstić information content (AvgIpc) is 2.53. The molecule has 0 aromatic carbocycles. The van der Waals surface area contributed by atoms with Crippen LogP contribution in [-0.4, -0.2) is 71.1 Å². The van der Waals surface area contributed by atoms with Gasteiger partial charge in [0.15, 0.2) is 0 Å². The van der Waals surface area contributed by atoms with Crippen LogP contribution in [-0.2, 0) is 4.74 Å². The molecule has 112 valence electrons. The van der Waals surface area contributed by atoms with E-state index in [9.17, 15) is 14.4 Å². The SMILES string of the molecule is COC(=O)N1CCN(C(=O)c2ncccc2C(=O)O)CC1. The number of hydrogen-bond donors (Lipinski definition) is 1. The molecule has 1 aliphatic rings. The summed E-state index contributed by atoms with van der Waals surface area (Å²) in [4.78, 5) is 41.6. The van der Waals surface area contributed by atoms with Crippen molar-refractivity contribution < 1.29 is 24.2 Å². The number of aromatic nitrogens is 1. The molecule has 2 amide bonds. The fraction of sp³-hybridized carbons (Fsp3) is 0.385. The Balaban J connectivity index is 2.09. The van der Waals surface area contributed by atoms with E-state index < -0.39 is 18.0 Å². The zero-order chi connectivity index (χ0) is 15.4. The normalized spacial score (nSPS) is 14.7. The fourth-order valence-corrected chi connectivity index (χ4v) is 2.12. The number of nitrogens with zero attached hydrogens (tertiary/aromatic N) is 3. The number of piperazine rings is 1. The predicted octanol–water partition coefficient (Wildman–Crippen LogP) is 0.304. The third kappa shape index (κ3) is 3.10. The number of ether oxygens (including phenoxy) is 1. The van der Waals surface area contributed by atoms with Crippen LogP contribution in [0.5, 0.6) is 0 Å². The Kier molecular flexibility index (Phi) is 4.36. The molecule has 2 heterocycles. The molecule has 0 saturated carbocycles. The number of amides is 2. The highest BCUT2D eigenvalue weighted by Gasteiger charge is 2.28. The number of aromatic carboxylic acids is 1. The summed E-state index contributed by atoms with van der Waals surface area (Å²) in [5, 5.41) is 9.08. The molecule has 0 unspecified atom stereocenters. The van der Waals surface area contributed by atoms with Crippen LogP contribution in [0.2, 0.25) is 0 Å². The molecule has 2 rings (SSSR count). The Morgan fingerprint density at radius 2 is 1.81 bits per heavy atom. The van der Waals surface area contributed by atoms with Crippen molar-refractivity contribution in [1.29, 1.82) is 0 Å². The number of carboxylic acids is 1. The third-order valence-corrected chi connectivity index (χ3v) is 3.24. The molecule has 1 saturated heterocycles. The van der Waals surface area contributed by atoms with Crippen LogP contribution < -0.4 is 0 Å². The van der Waals surface area contributed by atoms with E-state index in [2.05, 4.69) is 9.72 Å². The molecule has 0 bridgehead atoms. The summed E-state index contributed by atoms with van der Waals surface area (Å²) in [6, 6.07) is 2.81. The fourth-order valence-electron chi connectivity index (χ4n) is 2.12. The van der Waals surface area contributed by atoms with E-state index in [1.807, 2.05) is 0 Å². The molecule has 8 nitrogen and oxygen atoms in total. The van der Waals surface area contributed by atoms with Gasteiger partial charge in [-0.1, -0.05) is 0 Å². The number of carbonyl (C=O) groups is 3. The quantitative estimate of drug-likeness (QED) is 0.842. The maximum Gasteiger partial charge on any atom is 0.409 e. The van der Waals surface area contributed by atoms with E-state index in [4.69, 9.17) is 5.11 Å². The van der Waals surface area contributed by atoms with Gasteiger partial charge in [0.05, 0.1) is 12.7 Å². The highest BCUT2D eigenvalue weighted by molar-refractivity contribution is 6.03. The lowest BCUT2D eigenvalue weighted by molar-refractivity contribution is 0.0582. The maximum atomic E-state index is 12.3. The van der Waals surface area contributed by atoms with Crippen LogP contribution in [0.1, 0.15) is 20.8 Å². The van der Waals surface area contributed by atoms with E-state index in [1.165, 1.54) is 35.2 Å². The van der Waals surface area contributed by atoms with Crippen molar-refractivity contribution >= 4 is 18.0 Å². The van der Waals surface area contributed by atoms with Gasteiger partial charge in [0, 0.05) is 32.4 Å². The number of hydrogen-bond acceptors (Lipinski definition) is 5. The molecule has 21 heavy (non-hydrogen) atoms. The number of pyridine rings is 1. The first-order chi connectivity index (χ1) is 10.0. The summed E-state index contributed by atoms with van der Waals surface area (Å²) in [5.74, 6) is -1.64. The topological polar surface area (TPSA) is 100 Å². The summed E-state index contributed by atoms with van der Waals surface area (Å²) < 4.78 is 4.61. The molecule has 1 aliphatic heterocycles. The van der Waals surface area contributed by atoms with Gasteiger partial charge in [-0.15, -0.1) is 0 Å². The lowest BCUT2D eigenvalue weighted by Crippen LogP contribution is -2.50. The van der Waals surface area contributed by atoms with Crippen molar-refractivity contribution in [2.24, 2.45) is 0 Å². The van der Waals surface area contributed by atoms with Gasteiger partial charge in [-0.2, -0.15) is 0 Å². The zero-order valence-electron chi connectivity index (χ0n) is 11.5. The Labute approximate surface area is 120 Å². The largest absolute Gasteiger partial charge is 0.478 e. The highest BCUT2D eigenvalue weighted by atomic mass is 16.5. The lowest BCUT2D eigenvalue weighted by atomic mass is 10.1. The number of methoxy groups -OCH3 is 1. The Morgan fingerprint density at radius 1 is 1.19 bits per heavy atom. The minimum Gasteiger partial charge on any atom is -0.478 e. The van der Waals surface area contributed by atoms with Crippen LogP contribution in [0.15, 0.2) is 18.3 Å². The van der Waals surface area contributed by atoms with Gasteiger partial charge in [0.25, 0.3) is 5.91 Å². The second kappa shape index (κ2) is 6.21. The van der Waals surface area contributed by atoms with Gasteiger partial charge in [0.2, 0.25) is 0 Å². The summed E-state index contributed by atoms with van der Waals surface area (Å²) in [6.45, 7) is 1.30. The minimum atomic E-state index is -1.19. The monoisotopic (exact) mass is 293 g/mol.